The molecule has 0 spiro atoms. The number of benzene rings is 6. The van der Waals surface area contributed by atoms with Crippen molar-refractivity contribution in [3.05, 3.63) is 200 Å². The highest BCUT2D eigenvalue weighted by molar-refractivity contribution is 6.32. The molecule has 8 atom stereocenters. The molecule has 0 saturated heterocycles. The van der Waals surface area contributed by atoms with Crippen LogP contribution in [0, 0.1) is 23.7 Å². The number of esters is 1. The van der Waals surface area contributed by atoms with Crippen LogP contribution in [0.15, 0.2) is 158 Å². The van der Waals surface area contributed by atoms with Crippen LogP contribution in [0.2, 0.25) is 20.1 Å². The number of anilines is 2. The Kier molecular flexibility index (Phi) is 25.4. The molecule has 0 radical (unpaired) electrons. The van der Waals surface area contributed by atoms with Gasteiger partial charge in [-0.25, -0.2) is 0 Å². The van der Waals surface area contributed by atoms with Crippen LogP contribution in [-0.4, -0.2) is 52.6 Å². The Bertz CT molecular complexity index is 2960. The van der Waals surface area contributed by atoms with Gasteiger partial charge in [-0.1, -0.05) is 187 Å². The van der Waals surface area contributed by atoms with Gasteiger partial charge < -0.3 is 30.7 Å². The summed E-state index contributed by atoms with van der Waals surface area (Å²) in [6.45, 7) is 17.3. The van der Waals surface area contributed by atoms with Crippen LogP contribution in [0.25, 0.3) is 21.9 Å². The van der Waals surface area contributed by atoms with Crippen LogP contribution in [0.1, 0.15) is 101 Å². The number of para-hydroxylation sites is 1. The number of nitrogens with zero attached hydrogens (tertiary/aromatic N) is 2. The molecular weight excluding hydrogens is 1010 g/mol. The molecule has 5 N–H and O–H groups in total. The number of aldehydes is 1. The molecule has 13 heteroatoms. The van der Waals surface area contributed by atoms with Gasteiger partial charge in [0.1, 0.15) is 11.8 Å². The molecule has 0 aliphatic carbocycles. The average molecular weight is 1080 g/mol. The summed E-state index contributed by atoms with van der Waals surface area (Å²) in [5, 5.41) is 16.7. The van der Waals surface area contributed by atoms with Crippen molar-refractivity contribution in [2.75, 3.05) is 31.3 Å². The summed E-state index contributed by atoms with van der Waals surface area (Å²) in [6.07, 6.45) is 6.30. The lowest BCUT2D eigenvalue weighted by molar-refractivity contribution is -0.145. The van der Waals surface area contributed by atoms with Crippen molar-refractivity contribution in [2.24, 2.45) is 23.7 Å². The number of aliphatic hydroxyl groups is 1. The molecule has 0 fully saturated rings. The van der Waals surface area contributed by atoms with E-state index in [9.17, 15) is 9.59 Å². The molecule has 74 heavy (non-hydrogen) atoms. The van der Waals surface area contributed by atoms with Crippen LogP contribution in [-0.2, 0) is 14.3 Å². The zero-order valence-electron chi connectivity index (χ0n) is 43.8. The fourth-order valence-electron chi connectivity index (χ4n) is 7.90. The first-order valence-electron chi connectivity index (χ1n) is 24.8. The molecule has 2 aromatic heterocycles. The number of nitrogens with one attached hydrogen (secondary N) is 2. The Morgan fingerprint density at radius 2 is 1.09 bits per heavy atom. The number of ether oxygens (including phenoxy) is 1. The highest BCUT2D eigenvalue weighted by Crippen LogP contribution is 2.33. The van der Waals surface area contributed by atoms with E-state index >= 15 is 0 Å². The number of aromatic amines is 1. The lowest BCUT2D eigenvalue weighted by Gasteiger charge is -2.22. The number of halogens is 4. The number of fused-ring (bicyclic) bond motifs is 2. The third-order valence-corrected chi connectivity index (χ3v) is 15.0. The molecule has 392 valence electrons. The summed E-state index contributed by atoms with van der Waals surface area (Å²) in [5.41, 5.74) is 14.8. The minimum atomic E-state index is -0.206. The maximum atomic E-state index is 11.4. The van der Waals surface area contributed by atoms with Crippen molar-refractivity contribution in [3.8, 4) is 0 Å². The van der Waals surface area contributed by atoms with Gasteiger partial charge in [-0.2, -0.15) is 0 Å². The number of rotatable bonds is 14. The van der Waals surface area contributed by atoms with E-state index in [4.69, 9.17) is 62.0 Å². The van der Waals surface area contributed by atoms with E-state index in [1.807, 2.05) is 174 Å². The molecule has 0 aliphatic rings. The summed E-state index contributed by atoms with van der Waals surface area (Å²) in [7, 11) is 1.40. The van der Waals surface area contributed by atoms with E-state index in [0.29, 0.717) is 22.8 Å². The molecule has 0 bridgehead atoms. The Balaban J connectivity index is 0.000000207. The van der Waals surface area contributed by atoms with Crippen LogP contribution < -0.4 is 11.1 Å². The van der Waals surface area contributed by atoms with Crippen molar-refractivity contribution < 1.29 is 19.4 Å². The van der Waals surface area contributed by atoms with Gasteiger partial charge in [-0.15, -0.1) is 0 Å². The van der Waals surface area contributed by atoms with E-state index < -0.39 is 0 Å². The molecule has 2 heterocycles. The number of H-pyrrole nitrogens is 1. The van der Waals surface area contributed by atoms with Crippen molar-refractivity contribution in [1.29, 1.82) is 0 Å². The van der Waals surface area contributed by atoms with Crippen molar-refractivity contribution in [2.45, 2.75) is 79.1 Å². The molecule has 0 amide bonds. The first-order valence-corrected chi connectivity index (χ1v) is 26.3. The minimum Gasteiger partial charge on any atom is -0.469 e. The zero-order valence-corrected chi connectivity index (χ0v) is 46.8. The maximum Gasteiger partial charge on any atom is 0.308 e. The van der Waals surface area contributed by atoms with Crippen molar-refractivity contribution in [3.63, 3.8) is 0 Å². The average Bonchev–Trinajstić information content (AvgIpc) is 3.92. The first kappa shape index (κ1) is 60.6. The third kappa shape index (κ3) is 17.6. The van der Waals surface area contributed by atoms with Crippen molar-refractivity contribution in [1.82, 2.24) is 15.0 Å². The highest BCUT2D eigenvalue weighted by atomic mass is 35.5. The van der Waals surface area contributed by atoms with E-state index in [0.717, 1.165) is 77.9 Å². The van der Waals surface area contributed by atoms with Gasteiger partial charge in [0.25, 0.3) is 0 Å². The van der Waals surface area contributed by atoms with E-state index in [1.165, 1.54) is 12.7 Å². The Morgan fingerprint density at radius 3 is 1.58 bits per heavy atom. The molecule has 8 unspecified atom stereocenters. The van der Waals surface area contributed by atoms with Gasteiger partial charge in [0.05, 0.1) is 24.2 Å². The monoisotopic (exact) mass is 1080 g/mol. The molecule has 6 aromatic carbocycles. The number of carbonyl (C=O) groups excluding carboxylic acids is 2. The summed E-state index contributed by atoms with van der Waals surface area (Å²) in [4.78, 5) is 33.8. The predicted molar refractivity (Wildman–Crippen MR) is 312 cm³/mol. The second kappa shape index (κ2) is 31.1. The number of hydrogen-bond acceptors (Lipinski definition) is 8. The smallest absolute Gasteiger partial charge is 0.308 e. The fraction of sp³-hybridized carbons (Fsp3) is 0.311. The number of carbonyl (C=O) groups is 2. The van der Waals surface area contributed by atoms with Crippen molar-refractivity contribution >= 4 is 92.0 Å². The van der Waals surface area contributed by atoms with Crippen LogP contribution in [0.3, 0.4) is 0 Å². The third-order valence-electron chi connectivity index (χ3n) is 13.6. The lowest BCUT2D eigenvalue weighted by atomic mass is 9.89. The normalized spacial score (nSPS) is 13.9. The summed E-state index contributed by atoms with van der Waals surface area (Å²) >= 11 is 24.4. The number of aliphatic hydroxyl groups excluding tert-OH is 1. The highest BCUT2D eigenvalue weighted by Gasteiger charge is 2.24. The lowest BCUT2D eigenvalue weighted by Crippen LogP contribution is -2.19. The SMILES string of the molecule is CC(C=O)C(C)c1ccccc1Cl.CC(CNc1cccc2nccnc12)C(C)c1ccccc1Cl.CC(CO)C(C)c1ccccc1Cl.COC(=O)C(C)C(C)c1ccccc1Cl.Nc1cccc2[nH]ccc12. The molecule has 0 saturated carbocycles. The number of hydrogen-bond donors (Lipinski definition) is 4. The standard InChI is InChI=1S/C19H20ClN3.C12H15ClO2.C11H15ClO.C11H13ClO.C8H8N2/c1-13(14(2)15-6-3-4-7-16(15)20)12-23-18-9-5-8-17-19(18)22-11-10-21-17;1-8(9(2)12(14)15-3)10-6-4-5-7-11(10)13;2*1-8(7-13)9(2)10-5-3-4-6-11(10)12;9-7-2-1-3-8-6(7)4-5-10-8/h3-11,13-14,23H,12H2,1-2H3;4-9H,1-3H3;3-6,8-9,13H,7H2,1-2H3;3-9H,1-2H3;1-5,10H,9H2. The summed E-state index contributed by atoms with van der Waals surface area (Å²) in [5.74, 6) is 1.23. The van der Waals surface area contributed by atoms with Crippen LogP contribution in [0.5, 0.6) is 0 Å². The first-order chi connectivity index (χ1) is 35.4. The van der Waals surface area contributed by atoms with E-state index in [1.54, 1.807) is 12.4 Å². The number of aromatic nitrogens is 3. The summed E-state index contributed by atoms with van der Waals surface area (Å²) < 4.78 is 4.71. The molecule has 8 rings (SSSR count). The Morgan fingerprint density at radius 1 is 0.622 bits per heavy atom. The van der Waals surface area contributed by atoms with Gasteiger partial charge in [0, 0.05) is 74.3 Å². The molecular formula is C61H71Cl4N5O4. The minimum absolute atomic E-state index is 0.0138. The van der Waals surface area contributed by atoms with Crippen LogP contribution >= 0.6 is 46.4 Å². The Labute approximate surface area is 458 Å². The van der Waals surface area contributed by atoms with Gasteiger partial charge in [0.15, 0.2) is 0 Å². The second-order valence-corrected chi connectivity index (χ2v) is 20.2. The van der Waals surface area contributed by atoms with Gasteiger partial charge in [0.2, 0.25) is 0 Å². The second-order valence-electron chi connectivity index (χ2n) is 18.6. The number of nitrogens with two attached hydrogens (primary N) is 1. The maximum absolute atomic E-state index is 11.4. The zero-order chi connectivity index (χ0) is 54.3. The topological polar surface area (TPSA) is 143 Å². The Hall–Kier alpha value is -5.94. The van der Waals surface area contributed by atoms with Crippen LogP contribution in [0.4, 0.5) is 11.4 Å². The molecule has 8 aromatic rings. The van der Waals surface area contributed by atoms with Gasteiger partial charge in [-0.05, 0) is 112 Å². The van der Waals surface area contributed by atoms with Gasteiger partial charge >= 0.3 is 5.97 Å². The molecule has 9 nitrogen and oxygen atoms in total. The quantitative estimate of drug-likeness (QED) is 0.0479. The predicted octanol–water partition coefficient (Wildman–Crippen LogP) is 16.5. The largest absolute Gasteiger partial charge is 0.469 e. The number of methoxy groups -OCH3 is 1. The van der Waals surface area contributed by atoms with E-state index in [2.05, 4.69) is 47.1 Å². The fourth-order valence-corrected chi connectivity index (χ4v) is 9.13. The summed E-state index contributed by atoms with van der Waals surface area (Å²) in [6, 6.07) is 44.9. The number of nitrogen functional groups attached to an aromatic ring is 1. The van der Waals surface area contributed by atoms with Gasteiger partial charge in [-0.3, -0.25) is 14.8 Å². The van der Waals surface area contributed by atoms with E-state index in [-0.39, 0.29) is 42.2 Å². The molecule has 0 aliphatic heterocycles.